The van der Waals surface area contributed by atoms with Crippen LogP contribution < -0.4 is 0 Å². The minimum absolute atomic E-state index is 0.552. The first-order valence-corrected chi connectivity index (χ1v) is 12.0. The minimum atomic E-state index is 0.552. The van der Waals surface area contributed by atoms with Gasteiger partial charge in [0.1, 0.15) is 0 Å². The lowest BCUT2D eigenvalue weighted by Gasteiger charge is -2.03. The molecule has 2 heteroatoms. The number of benzene rings is 2. The Morgan fingerprint density at radius 3 is 1.30 bits per heavy atom. The Hall–Kier alpha value is -2.42. The maximum Gasteiger partial charge on any atom is 0.0446 e. The van der Waals surface area contributed by atoms with Crippen LogP contribution in [0, 0.1) is 13.8 Å². The van der Waals surface area contributed by atoms with Crippen molar-refractivity contribution in [2.24, 2.45) is 0 Å². The molecule has 0 radical (unpaired) electrons. The van der Waals surface area contributed by atoms with Crippen LogP contribution in [0.5, 0.6) is 0 Å². The first-order chi connectivity index (χ1) is 14.7. The zero-order chi connectivity index (χ0) is 20.8. The highest BCUT2D eigenvalue weighted by molar-refractivity contribution is 8.09. The Bertz CT molecular complexity index is 957. The van der Waals surface area contributed by atoms with Gasteiger partial charge in [-0.15, -0.1) is 23.5 Å². The number of hydrogen-bond donors (Lipinski definition) is 0. The molecule has 2 aliphatic heterocycles. The van der Waals surface area contributed by atoms with Crippen LogP contribution in [0.25, 0.3) is 12.2 Å². The number of thioether (sulfide) groups is 2. The van der Waals surface area contributed by atoms with Gasteiger partial charge >= 0.3 is 0 Å². The average molecular weight is 427 g/mol. The molecular formula is C28H26S2. The summed E-state index contributed by atoms with van der Waals surface area (Å²) in [6.07, 6.45) is 22.1. The molecule has 4 rings (SSSR count). The number of fused-ring (bicyclic) bond motifs is 1. The standard InChI is InChI=1S/C28H26S2/c1-21-11-15-23(16-12-21)7-3-5-9-25-19-27-28(29-25)20-26(30-27)10-6-4-8-24-17-13-22(2)14-18-24/h3-20,27-28H,1-2H3. The summed E-state index contributed by atoms with van der Waals surface area (Å²) in [6, 6.07) is 17.2. The SMILES string of the molecule is Cc1ccc(C=CC=CC2=CC3SC(C=CC=Cc4ccc(C)cc4)=CC3S2)cc1. The van der Waals surface area contributed by atoms with Gasteiger partial charge in [0.15, 0.2) is 0 Å². The van der Waals surface area contributed by atoms with Crippen molar-refractivity contribution in [3.63, 3.8) is 0 Å². The summed E-state index contributed by atoms with van der Waals surface area (Å²) in [5.74, 6) is 0. The lowest BCUT2D eigenvalue weighted by molar-refractivity contribution is 1.14. The second-order valence-electron chi connectivity index (χ2n) is 7.56. The van der Waals surface area contributed by atoms with Crippen LogP contribution in [0.4, 0.5) is 0 Å². The molecule has 2 heterocycles. The van der Waals surface area contributed by atoms with E-state index in [2.05, 4.69) is 123 Å². The van der Waals surface area contributed by atoms with Gasteiger partial charge in [0.2, 0.25) is 0 Å². The van der Waals surface area contributed by atoms with Crippen molar-refractivity contribution in [1.82, 2.24) is 0 Å². The first kappa shape index (κ1) is 20.8. The monoisotopic (exact) mass is 426 g/mol. The van der Waals surface area contributed by atoms with Gasteiger partial charge in [-0.25, -0.2) is 0 Å². The molecule has 150 valence electrons. The van der Waals surface area contributed by atoms with Crippen LogP contribution in [0.3, 0.4) is 0 Å². The van der Waals surface area contributed by atoms with E-state index in [1.807, 2.05) is 23.5 Å². The van der Waals surface area contributed by atoms with E-state index in [1.54, 1.807) is 0 Å². The Morgan fingerprint density at radius 1 is 0.533 bits per heavy atom. The van der Waals surface area contributed by atoms with Crippen LogP contribution >= 0.6 is 23.5 Å². The lowest BCUT2D eigenvalue weighted by atomic mass is 10.1. The smallest absolute Gasteiger partial charge is 0.0446 e. The Morgan fingerprint density at radius 2 is 0.900 bits per heavy atom. The van der Waals surface area contributed by atoms with Crippen LogP contribution in [-0.2, 0) is 0 Å². The molecule has 0 amide bonds. The molecule has 0 fully saturated rings. The maximum atomic E-state index is 2.40. The third-order valence-electron chi connectivity index (χ3n) is 5.00. The molecule has 2 aliphatic rings. The molecule has 0 aliphatic carbocycles. The van der Waals surface area contributed by atoms with E-state index in [1.165, 1.54) is 32.1 Å². The van der Waals surface area contributed by atoms with Crippen LogP contribution in [0.1, 0.15) is 22.3 Å². The molecule has 0 N–H and O–H groups in total. The minimum Gasteiger partial charge on any atom is -0.117 e. The quantitative estimate of drug-likeness (QED) is 0.427. The Balaban J connectivity index is 1.26. The van der Waals surface area contributed by atoms with Crippen molar-refractivity contribution in [1.29, 1.82) is 0 Å². The molecular weight excluding hydrogens is 400 g/mol. The fraction of sp³-hybridized carbons (Fsp3) is 0.143. The third-order valence-corrected chi connectivity index (χ3v) is 7.66. The van der Waals surface area contributed by atoms with Crippen molar-refractivity contribution in [2.75, 3.05) is 0 Å². The van der Waals surface area contributed by atoms with E-state index >= 15 is 0 Å². The number of allylic oxidation sites excluding steroid dienone is 6. The normalized spacial score (nSPS) is 21.3. The summed E-state index contributed by atoms with van der Waals surface area (Å²) in [5, 5.41) is 1.10. The fourth-order valence-corrected chi connectivity index (χ4v) is 6.04. The predicted molar refractivity (Wildman–Crippen MR) is 138 cm³/mol. The molecule has 2 unspecified atom stereocenters. The van der Waals surface area contributed by atoms with E-state index in [4.69, 9.17) is 0 Å². The summed E-state index contributed by atoms with van der Waals surface area (Å²) in [6.45, 7) is 4.23. The third kappa shape index (κ3) is 5.81. The fourth-order valence-electron chi connectivity index (χ4n) is 3.29. The van der Waals surface area contributed by atoms with E-state index in [0.29, 0.717) is 10.5 Å². The number of rotatable bonds is 6. The Kier molecular flexibility index (Phi) is 6.99. The van der Waals surface area contributed by atoms with Gasteiger partial charge < -0.3 is 0 Å². The summed E-state index contributed by atoms with van der Waals surface area (Å²) in [7, 11) is 0. The van der Waals surface area contributed by atoms with E-state index in [-0.39, 0.29) is 0 Å². The van der Waals surface area contributed by atoms with Gasteiger partial charge in [0, 0.05) is 20.3 Å². The molecule has 2 atom stereocenters. The highest BCUT2D eigenvalue weighted by Crippen LogP contribution is 2.48. The van der Waals surface area contributed by atoms with Crippen molar-refractivity contribution >= 4 is 35.7 Å². The number of hydrogen-bond acceptors (Lipinski definition) is 2. The summed E-state index contributed by atoms with van der Waals surface area (Å²) < 4.78 is 0. The average Bonchev–Trinajstić information content (AvgIpc) is 3.29. The summed E-state index contributed by atoms with van der Waals surface area (Å²) in [4.78, 5) is 2.73. The van der Waals surface area contributed by atoms with Gasteiger partial charge in [-0.2, -0.15) is 0 Å². The second kappa shape index (κ2) is 10.1. The molecule has 0 nitrogen and oxygen atoms in total. The highest BCUT2D eigenvalue weighted by atomic mass is 32.2. The molecule has 0 saturated heterocycles. The van der Waals surface area contributed by atoms with Crippen molar-refractivity contribution in [3.05, 3.63) is 129 Å². The molecule has 0 spiro atoms. The van der Waals surface area contributed by atoms with E-state index in [9.17, 15) is 0 Å². The van der Waals surface area contributed by atoms with Crippen LogP contribution in [-0.4, -0.2) is 10.5 Å². The van der Waals surface area contributed by atoms with Crippen LogP contribution in [0.15, 0.2) is 107 Å². The molecule has 2 aromatic rings. The molecule has 0 saturated carbocycles. The topological polar surface area (TPSA) is 0 Å². The second-order valence-corrected chi connectivity index (χ2v) is 10.1. The van der Waals surface area contributed by atoms with Crippen LogP contribution in [0.2, 0.25) is 0 Å². The zero-order valence-corrected chi connectivity index (χ0v) is 19.0. The summed E-state index contributed by atoms with van der Waals surface area (Å²) >= 11 is 3.92. The van der Waals surface area contributed by atoms with E-state index in [0.717, 1.165) is 0 Å². The first-order valence-electron chi connectivity index (χ1n) is 10.3. The highest BCUT2D eigenvalue weighted by Gasteiger charge is 2.31. The van der Waals surface area contributed by atoms with Gasteiger partial charge in [0.05, 0.1) is 0 Å². The molecule has 30 heavy (non-hydrogen) atoms. The van der Waals surface area contributed by atoms with Gasteiger partial charge in [-0.1, -0.05) is 108 Å². The largest absolute Gasteiger partial charge is 0.117 e. The van der Waals surface area contributed by atoms with Gasteiger partial charge in [-0.3, -0.25) is 0 Å². The maximum absolute atomic E-state index is 2.40. The van der Waals surface area contributed by atoms with Gasteiger partial charge in [-0.05, 0) is 37.1 Å². The molecule has 0 bridgehead atoms. The van der Waals surface area contributed by atoms with Crippen molar-refractivity contribution < 1.29 is 0 Å². The predicted octanol–water partition coefficient (Wildman–Crippen LogP) is 8.14. The summed E-state index contributed by atoms with van der Waals surface area (Å²) in [5.41, 5.74) is 5.07. The molecule has 0 aromatic heterocycles. The lowest BCUT2D eigenvalue weighted by Crippen LogP contribution is -2.04. The Labute approximate surface area is 188 Å². The number of aryl methyl sites for hydroxylation is 2. The zero-order valence-electron chi connectivity index (χ0n) is 17.4. The van der Waals surface area contributed by atoms with Crippen molar-refractivity contribution in [2.45, 2.75) is 24.3 Å². The van der Waals surface area contributed by atoms with Gasteiger partial charge in [0.25, 0.3) is 0 Å². The molecule has 2 aromatic carbocycles. The van der Waals surface area contributed by atoms with Crippen molar-refractivity contribution in [3.8, 4) is 0 Å². The van der Waals surface area contributed by atoms with E-state index < -0.39 is 0 Å².